The Bertz CT molecular complexity index is 280. The largest absolute Gasteiger partial charge is 0.468 e. The fourth-order valence-electron chi connectivity index (χ4n) is 2.35. The lowest BCUT2D eigenvalue weighted by molar-refractivity contribution is 0.375. The monoisotopic (exact) mass is 253 g/mol. The van der Waals surface area contributed by atoms with E-state index in [0.717, 1.165) is 17.6 Å². The van der Waals surface area contributed by atoms with E-state index in [2.05, 4.69) is 5.32 Å². The van der Waals surface area contributed by atoms with Gasteiger partial charge in [-0.2, -0.15) is 11.8 Å². The Balaban J connectivity index is 1.43. The van der Waals surface area contributed by atoms with Crippen molar-refractivity contribution in [3.63, 3.8) is 0 Å². The molecular formula is C14H23NOS. The SMILES string of the molecule is c1coc(CSCCCNC2CCCCC2)c1. The molecule has 1 N–H and O–H groups in total. The summed E-state index contributed by atoms with van der Waals surface area (Å²) >= 11 is 1.96. The molecule has 96 valence electrons. The third-order valence-corrected chi connectivity index (χ3v) is 4.39. The quantitative estimate of drug-likeness (QED) is 0.748. The number of nitrogens with one attached hydrogen (secondary N) is 1. The Morgan fingerprint density at radius 2 is 2.18 bits per heavy atom. The van der Waals surface area contributed by atoms with Crippen LogP contribution in [0.25, 0.3) is 0 Å². The van der Waals surface area contributed by atoms with Crippen LogP contribution in [0.5, 0.6) is 0 Å². The van der Waals surface area contributed by atoms with Crippen LogP contribution in [0.2, 0.25) is 0 Å². The van der Waals surface area contributed by atoms with Crippen molar-refractivity contribution >= 4 is 11.8 Å². The first-order valence-electron chi connectivity index (χ1n) is 6.78. The summed E-state index contributed by atoms with van der Waals surface area (Å²) in [6.45, 7) is 1.18. The highest BCUT2D eigenvalue weighted by Gasteiger charge is 2.11. The first-order chi connectivity index (χ1) is 8.45. The van der Waals surface area contributed by atoms with Gasteiger partial charge < -0.3 is 9.73 Å². The number of hydrogen-bond acceptors (Lipinski definition) is 3. The summed E-state index contributed by atoms with van der Waals surface area (Å²) < 4.78 is 5.30. The van der Waals surface area contributed by atoms with Gasteiger partial charge in [0.25, 0.3) is 0 Å². The van der Waals surface area contributed by atoms with Crippen molar-refractivity contribution in [2.45, 2.75) is 50.3 Å². The molecule has 0 bridgehead atoms. The van der Waals surface area contributed by atoms with E-state index >= 15 is 0 Å². The molecule has 0 aromatic carbocycles. The maximum atomic E-state index is 5.30. The first kappa shape index (κ1) is 13.0. The standard InChI is InChI=1S/C14H23NOS/c1-2-6-13(7-3-1)15-9-5-11-17-12-14-8-4-10-16-14/h4,8,10,13,15H,1-3,5-7,9,11-12H2. The zero-order chi connectivity index (χ0) is 11.8. The van der Waals surface area contributed by atoms with E-state index in [0.29, 0.717) is 0 Å². The van der Waals surface area contributed by atoms with Crippen molar-refractivity contribution < 1.29 is 4.42 Å². The van der Waals surface area contributed by atoms with E-state index in [9.17, 15) is 0 Å². The van der Waals surface area contributed by atoms with Gasteiger partial charge in [0.15, 0.2) is 0 Å². The van der Waals surface area contributed by atoms with Gasteiger partial charge in [0.1, 0.15) is 5.76 Å². The van der Waals surface area contributed by atoms with Gasteiger partial charge in [0, 0.05) is 6.04 Å². The molecule has 1 fully saturated rings. The predicted molar refractivity (Wildman–Crippen MR) is 74.4 cm³/mol. The van der Waals surface area contributed by atoms with Crippen molar-refractivity contribution in [3.05, 3.63) is 24.2 Å². The third kappa shape index (κ3) is 5.17. The molecule has 1 aromatic rings. The molecule has 0 saturated heterocycles. The Kier molecular flexibility index (Phi) is 6.00. The third-order valence-electron chi connectivity index (χ3n) is 3.33. The fraction of sp³-hybridized carbons (Fsp3) is 0.714. The lowest BCUT2D eigenvalue weighted by Crippen LogP contribution is -2.31. The smallest absolute Gasteiger partial charge is 0.113 e. The summed E-state index contributed by atoms with van der Waals surface area (Å²) in [4.78, 5) is 0. The van der Waals surface area contributed by atoms with Crippen LogP contribution in [0.3, 0.4) is 0 Å². The summed E-state index contributed by atoms with van der Waals surface area (Å²) in [6, 6.07) is 4.81. The van der Waals surface area contributed by atoms with Crippen LogP contribution in [0.4, 0.5) is 0 Å². The molecule has 1 heterocycles. The maximum Gasteiger partial charge on any atom is 0.113 e. The second-order valence-corrected chi connectivity index (χ2v) is 5.88. The molecule has 0 aliphatic heterocycles. The highest BCUT2D eigenvalue weighted by molar-refractivity contribution is 7.98. The van der Waals surface area contributed by atoms with Crippen LogP contribution in [-0.4, -0.2) is 18.3 Å². The number of thioether (sulfide) groups is 1. The van der Waals surface area contributed by atoms with E-state index in [4.69, 9.17) is 4.42 Å². The lowest BCUT2D eigenvalue weighted by Gasteiger charge is -2.22. The molecular weight excluding hydrogens is 230 g/mol. The average molecular weight is 253 g/mol. The molecule has 0 atom stereocenters. The van der Waals surface area contributed by atoms with E-state index in [1.165, 1.54) is 50.8 Å². The Hall–Kier alpha value is -0.410. The normalized spacial score (nSPS) is 17.4. The molecule has 1 saturated carbocycles. The minimum Gasteiger partial charge on any atom is -0.468 e. The van der Waals surface area contributed by atoms with E-state index in [1.807, 2.05) is 23.9 Å². The molecule has 1 aliphatic rings. The Morgan fingerprint density at radius 3 is 2.94 bits per heavy atom. The second kappa shape index (κ2) is 7.83. The van der Waals surface area contributed by atoms with Crippen molar-refractivity contribution in [1.82, 2.24) is 5.32 Å². The van der Waals surface area contributed by atoms with Crippen LogP contribution in [0.1, 0.15) is 44.3 Å². The van der Waals surface area contributed by atoms with Gasteiger partial charge in [0.2, 0.25) is 0 Å². The van der Waals surface area contributed by atoms with Gasteiger partial charge in [-0.3, -0.25) is 0 Å². The van der Waals surface area contributed by atoms with Crippen molar-refractivity contribution in [2.24, 2.45) is 0 Å². The summed E-state index contributed by atoms with van der Waals surface area (Å²) in [5, 5.41) is 3.68. The highest BCUT2D eigenvalue weighted by Crippen LogP contribution is 2.17. The van der Waals surface area contributed by atoms with Crippen molar-refractivity contribution in [3.8, 4) is 0 Å². The van der Waals surface area contributed by atoms with E-state index in [-0.39, 0.29) is 0 Å². The molecule has 0 amide bonds. The number of furan rings is 1. The van der Waals surface area contributed by atoms with Gasteiger partial charge in [-0.25, -0.2) is 0 Å². The van der Waals surface area contributed by atoms with Gasteiger partial charge in [-0.15, -0.1) is 0 Å². The van der Waals surface area contributed by atoms with Crippen LogP contribution in [0, 0.1) is 0 Å². The molecule has 17 heavy (non-hydrogen) atoms. The molecule has 0 radical (unpaired) electrons. The summed E-state index contributed by atoms with van der Waals surface area (Å²) in [6.07, 6.45) is 10.1. The van der Waals surface area contributed by atoms with E-state index < -0.39 is 0 Å². The predicted octanol–water partition coefficient (Wildman–Crippen LogP) is 3.83. The molecule has 0 spiro atoms. The highest BCUT2D eigenvalue weighted by atomic mass is 32.2. The number of rotatable bonds is 7. The zero-order valence-corrected chi connectivity index (χ0v) is 11.3. The van der Waals surface area contributed by atoms with Crippen LogP contribution in [0.15, 0.2) is 22.8 Å². The molecule has 2 rings (SSSR count). The summed E-state index contributed by atoms with van der Waals surface area (Å²) in [5.41, 5.74) is 0. The van der Waals surface area contributed by atoms with Crippen molar-refractivity contribution in [2.75, 3.05) is 12.3 Å². The van der Waals surface area contributed by atoms with Gasteiger partial charge in [0.05, 0.1) is 12.0 Å². The Morgan fingerprint density at radius 1 is 1.29 bits per heavy atom. The van der Waals surface area contributed by atoms with Gasteiger partial charge in [-0.1, -0.05) is 19.3 Å². The Labute approximate surface area is 109 Å². The molecule has 1 aromatic heterocycles. The molecule has 0 unspecified atom stereocenters. The zero-order valence-electron chi connectivity index (χ0n) is 10.5. The molecule has 2 nitrogen and oxygen atoms in total. The van der Waals surface area contributed by atoms with Crippen LogP contribution >= 0.6 is 11.8 Å². The second-order valence-electron chi connectivity index (χ2n) is 4.77. The van der Waals surface area contributed by atoms with E-state index in [1.54, 1.807) is 6.26 Å². The first-order valence-corrected chi connectivity index (χ1v) is 7.94. The average Bonchev–Trinajstić information content (AvgIpc) is 2.88. The fourth-order valence-corrected chi connectivity index (χ4v) is 3.21. The molecule has 3 heteroatoms. The number of hydrogen-bond donors (Lipinski definition) is 1. The lowest BCUT2D eigenvalue weighted by atomic mass is 9.95. The topological polar surface area (TPSA) is 25.2 Å². The van der Waals surface area contributed by atoms with Gasteiger partial charge >= 0.3 is 0 Å². The minimum absolute atomic E-state index is 0.804. The van der Waals surface area contributed by atoms with Crippen LogP contribution < -0.4 is 5.32 Å². The summed E-state index contributed by atoms with van der Waals surface area (Å²) in [7, 11) is 0. The minimum atomic E-state index is 0.804. The van der Waals surface area contributed by atoms with Crippen LogP contribution in [-0.2, 0) is 5.75 Å². The molecule has 1 aliphatic carbocycles. The van der Waals surface area contributed by atoms with Crippen molar-refractivity contribution in [1.29, 1.82) is 0 Å². The maximum absolute atomic E-state index is 5.30. The van der Waals surface area contributed by atoms with Gasteiger partial charge in [-0.05, 0) is 43.7 Å². The summed E-state index contributed by atoms with van der Waals surface area (Å²) in [5.74, 6) is 3.33.